The second-order valence-corrected chi connectivity index (χ2v) is 3.97. The molecule has 0 aromatic carbocycles. The molecule has 0 spiro atoms. The molecule has 0 aliphatic carbocycles. The number of imidazole rings is 1. The van der Waals surface area contributed by atoms with Gasteiger partial charge in [-0.3, -0.25) is 19.1 Å². The van der Waals surface area contributed by atoms with Crippen LogP contribution in [0.5, 0.6) is 0 Å². The maximum Gasteiger partial charge on any atom is 0.329 e. The average molecular weight is 272 g/mol. The fourth-order valence-electron chi connectivity index (χ4n) is 1.82. The Kier molecular flexibility index (Phi) is 3.66. The van der Waals surface area contributed by atoms with Crippen LogP contribution in [0.1, 0.15) is 12.7 Å². The highest BCUT2D eigenvalue weighted by molar-refractivity contribution is 5.77. The summed E-state index contributed by atoms with van der Waals surface area (Å²) in [6.45, 7) is 1.92. The molecule has 0 aliphatic rings. The Bertz CT molecular complexity index is 871. The normalized spacial score (nSPS) is 10.7. The van der Waals surface area contributed by atoms with Crippen LogP contribution in [0.25, 0.3) is 17.2 Å². The molecule has 0 amide bonds. The molecule has 0 aliphatic heterocycles. The zero-order valence-corrected chi connectivity index (χ0v) is 11.0. The van der Waals surface area contributed by atoms with Crippen LogP contribution < -0.4 is 11.2 Å². The minimum atomic E-state index is -0.542. The van der Waals surface area contributed by atoms with E-state index in [0.717, 1.165) is 0 Å². The zero-order valence-electron chi connectivity index (χ0n) is 11.0. The summed E-state index contributed by atoms with van der Waals surface area (Å²) in [6.07, 6.45) is 3.34. The number of aromatic nitrogens is 4. The van der Waals surface area contributed by atoms with Crippen molar-refractivity contribution in [2.45, 2.75) is 13.5 Å². The molecular formula is C13H12N4O3. The lowest BCUT2D eigenvalue weighted by atomic mass is 10.4. The summed E-state index contributed by atoms with van der Waals surface area (Å²) in [4.78, 5) is 40.4. The Morgan fingerprint density at radius 3 is 2.80 bits per heavy atom. The number of rotatable bonds is 3. The van der Waals surface area contributed by atoms with Gasteiger partial charge in [0.2, 0.25) is 0 Å². The van der Waals surface area contributed by atoms with E-state index in [9.17, 15) is 14.4 Å². The number of carbonyl (C=O) groups is 1. The van der Waals surface area contributed by atoms with E-state index in [1.807, 2.05) is 0 Å². The van der Waals surface area contributed by atoms with Crippen molar-refractivity contribution in [1.29, 1.82) is 0 Å². The lowest BCUT2D eigenvalue weighted by Gasteiger charge is -2.01. The Labute approximate surface area is 113 Å². The average Bonchev–Trinajstić information content (AvgIpc) is 2.79. The van der Waals surface area contributed by atoms with E-state index in [4.69, 9.17) is 0 Å². The van der Waals surface area contributed by atoms with Gasteiger partial charge in [0.05, 0.1) is 6.54 Å². The SMILES string of the molecule is CC#CCn1c(C=CC=O)nc2c1c(=O)[nH]c(=O)n2C. The molecule has 2 aromatic rings. The van der Waals surface area contributed by atoms with E-state index in [0.29, 0.717) is 12.1 Å². The van der Waals surface area contributed by atoms with Crippen molar-refractivity contribution in [3.05, 3.63) is 32.7 Å². The number of nitrogens with zero attached hydrogens (tertiary/aromatic N) is 3. The van der Waals surface area contributed by atoms with Crippen molar-refractivity contribution in [3.8, 4) is 11.8 Å². The molecule has 0 radical (unpaired) electrons. The van der Waals surface area contributed by atoms with Gasteiger partial charge >= 0.3 is 5.69 Å². The fourth-order valence-corrected chi connectivity index (χ4v) is 1.82. The van der Waals surface area contributed by atoms with Gasteiger partial charge in [-0.2, -0.15) is 0 Å². The molecule has 1 N–H and O–H groups in total. The van der Waals surface area contributed by atoms with Crippen LogP contribution >= 0.6 is 0 Å². The standard InChI is InChI=1S/C13H12N4O3/c1-3-4-7-17-9(6-5-8-18)14-11-10(17)12(19)15-13(20)16(11)2/h5-6,8H,7H2,1-2H3,(H,15,19,20). The quantitative estimate of drug-likeness (QED) is 0.470. The number of carbonyl (C=O) groups excluding carboxylic acids is 1. The van der Waals surface area contributed by atoms with Crippen LogP contribution in [0.4, 0.5) is 0 Å². The first-order valence-corrected chi connectivity index (χ1v) is 5.81. The summed E-state index contributed by atoms with van der Waals surface area (Å²) in [6, 6.07) is 0. The number of allylic oxidation sites excluding steroid dienone is 1. The van der Waals surface area contributed by atoms with Crippen molar-refractivity contribution < 1.29 is 4.79 Å². The van der Waals surface area contributed by atoms with Gasteiger partial charge in [-0.25, -0.2) is 9.78 Å². The van der Waals surface area contributed by atoms with Crippen molar-refractivity contribution in [1.82, 2.24) is 19.1 Å². The molecule has 0 fully saturated rings. The highest BCUT2D eigenvalue weighted by Gasteiger charge is 2.14. The number of aromatic amines is 1. The number of hydrogen-bond acceptors (Lipinski definition) is 4. The van der Waals surface area contributed by atoms with Crippen molar-refractivity contribution in [3.63, 3.8) is 0 Å². The highest BCUT2D eigenvalue weighted by Crippen LogP contribution is 2.11. The summed E-state index contributed by atoms with van der Waals surface area (Å²) in [7, 11) is 1.51. The summed E-state index contributed by atoms with van der Waals surface area (Å²) >= 11 is 0. The molecule has 0 bridgehead atoms. The van der Waals surface area contributed by atoms with Crippen LogP contribution in [0, 0.1) is 11.8 Å². The third-order valence-corrected chi connectivity index (χ3v) is 2.77. The van der Waals surface area contributed by atoms with Gasteiger partial charge < -0.3 is 4.57 Å². The van der Waals surface area contributed by atoms with Crippen molar-refractivity contribution in [2.24, 2.45) is 7.05 Å². The molecule has 0 unspecified atom stereocenters. The molecule has 2 rings (SSSR count). The predicted octanol–water partition coefficient (Wildman–Crippen LogP) is -0.341. The summed E-state index contributed by atoms with van der Waals surface area (Å²) in [5, 5.41) is 0. The molecule has 0 saturated heterocycles. The molecule has 0 saturated carbocycles. The fraction of sp³-hybridized carbons (Fsp3) is 0.231. The van der Waals surface area contributed by atoms with E-state index in [2.05, 4.69) is 21.8 Å². The van der Waals surface area contributed by atoms with Gasteiger partial charge in [0.15, 0.2) is 11.2 Å². The number of hydrogen-bond donors (Lipinski definition) is 1. The lowest BCUT2D eigenvalue weighted by molar-refractivity contribution is -0.104. The third-order valence-electron chi connectivity index (χ3n) is 2.77. The highest BCUT2D eigenvalue weighted by atomic mass is 16.2. The minimum absolute atomic E-state index is 0.243. The molecule has 2 aromatic heterocycles. The molecular weight excluding hydrogens is 260 g/mol. The number of H-pyrrole nitrogens is 1. The maximum atomic E-state index is 12.0. The Morgan fingerprint density at radius 1 is 1.40 bits per heavy atom. The van der Waals surface area contributed by atoms with E-state index in [1.165, 1.54) is 23.8 Å². The Morgan fingerprint density at radius 2 is 2.15 bits per heavy atom. The molecule has 2 heterocycles. The maximum absolute atomic E-state index is 12.0. The van der Waals surface area contributed by atoms with E-state index in [1.54, 1.807) is 11.5 Å². The molecule has 102 valence electrons. The first-order chi connectivity index (χ1) is 9.60. The molecule has 0 atom stereocenters. The lowest BCUT2D eigenvalue weighted by Crippen LogP contribution is -2.29. The van der Waals surface area contributed by atoms with Crippen LogP contribution in [-0.2, 0) is 18.4 Å². The van der Waals surface area contributed by atoms with Gasteiger partial charge in [0.25, 0.3) is 5.56 Å². The largest absolute Gasteiger partial charge is 0.329 e. The van der Waals surface area contributed by atoms with Gasteiger partial charge in [0, 0.05) is 7.05 Å². The van der Waals surface area contributed by atoms with Crippen molar-refractivity contribution in [2.75, 3.05) is 0 Å². The second kappa shape index (κ2) is 5.40. The van der Waals surface area contributed by atoms with Gasteiger partial charge in [-0.1, -0.05) is 5.92 Å². The second-order valence-electron chi connectivity index (χ2n) is 3.97. The summed E-state index contributed by atoms with van der Waals surface area (Å²) in [5.74, 6) is 5.95. The summed E-state index contributed by atoms with van der Waals surface area (Å²) < 4.78 is 2.80. The number of fused-ring (bicyclic) bond motifs is 1. The number of aldehydes is 1. The molecule has 20 heavy (non-hydrogen) atoms. The van der Waals surface area contributed by atoms with E-state index >= 15 is 0 Å². The van der Waals surface area contributed by atoms with Crippen molar-refractivity contribution >= 4 is 23.5 Å². The van der Waals surface area contributed by atoms with Crippen LogP contribution in [0.3, 0.4) is 0 Å². The predicted molar refractivity (Wildman–Crippen MR) is 74.1 cm³/mol. The Balaban J connectivity index is 2.88. The van der Waals surface area contributed by atoms with Gasteiger partial charge in [-0.05, 0) is 19.1 Å². The minimum Gasteiger partial charge on any atom is -0.307 e. The van der Waals surface area contributed by atoms with Gasteiger partial charge in [0.1, 0.15) is 12.1 Å². The summed E-state index contributed by atoms with van der Waals surface area (Å²) in [5.41, 5.74) is -0.568. The first kappa shape index (κ1) is 13.5. The monoisotopic (exact) mass is 272 g/mol. The zero-order chi connectivity index (χ0) is 14.7. The van der Waals surface area contributed by atoms with Crippen LogP contribution in [0.15, 0.2) is 15.7 Å². The smallest absolute Gasteiger partial charge is 0.307 e. The number of aryl methyl sites for hydroxylation is 1. The van der Waals surface area contributed by atoms with E-state index in [-0.39, 0.29) is 17.7 Å². The molecule has 7 heteroatoms. The topological polar surface area (TPSA) is 89.8 Å². The number of nitrogens with one attached hydrogen (secondary N) is 1. The van der Waals surface area contributed by atoms with Crippen LogP contribution in [-0.4, -0.2) is 25.4 Å². The van der Waals surface area contributed by atoms with Crippen LogP contribution in [0.2, 0.25) is 0 Å². The van der Waals surface area contributed by atoms with E-state index < -0.39 is 11.2 Å². The van der Waals surface area contributed by atoms with Gasteiger partial charge in [-0.15, -0.1) is 5.92 Å². The first-order valence-electron chi connectivity index (χ1n) is 5.81. The third kappa shape index (κ3) is 2.19. The Hall–Kier alpha value is -2.88. The molecule has 7 nitrogen and oxygen atoms in total.